The van der Waals surface area contributed by atoms with Crippen molar-refractivity contribution in [3.8, 4) is 5.75 Å². The van der Waals surface area contributed by atoms with E-state index < -0.39 is 0 Å². The van der Waals surface area contributed by atoms with Crippen molar-refractivity contribution in [2.75, 3.05) is 20.2 Å². The van der Waals surface area contributed by atoms with Crippen molar-refractivity contribution in [1.29, 1.82) is 0 Å². The topological polar surface area (TPSA) is 21.7 Å². The molecule has 2 aromatic rings. The molecule has 1 aliphatic heterocycles. The normalized spacial score (nSPS) is 18.1. The molecule has 0 spiro atoms. The van der Waals surface area contributed by atoms with Gasteiger partial charge in [-0.25, -0.2) is 8.78 Å². The van der Waals surface area contributed by atoms with E-state index in [1.165, 1.54) is 19.2 Å². The van der Waals surface area contributed by atoms with E-state index in [1.807, 2.05) is 12.1 Å². The van der Waals surface area contributed by atoms with E-state index in [2.05, 4.69) is 4.90 Å². The van der Waals surface area contributed by atoms with Gasteiger partial charge >= 0.3 is 0 Å². The van der Waals surface area contributed by atoms with Crippen LogP contribution in [0.4, 0.5) is 8.78 Å². The van der Waals surface area contributed by atoms with Crippen molar-refractivity contribution in [1.82, 2.24) is 4.90 Å². The summed E-state index contributed by atoms with van der Waals surface area (Å²) in [5.74, 6) is -0.256. The van der Waals surface area contributed by atoms with Gasteiger partial charge in [0.1, 0.15) is 5.82 Å². The lowest BCUT2D eigenvalue weighted by Crippen LogP contribution is -2.39. The molecule has 1 saturated heterocycles. The van der Waals surface area contributed by atoms with Crippen LogP contribution in [0.5, 0.6) is 5.75 Å². The number of methoxy groups -OCH3 is 1. The summed E-state index contributed by atoms with van der Waals surface area (Å²) in [5.41, 5.74) is 2.55. The molecule has 0 radical (unpaired) electrons. The van der Waals surface area contributed by atoms with Crippen molar-refractivity contribution in [3.05, 3.63) is 64.7 Å². The van der Waals surface area contributed by atoms with Crippen LogP contribution in [0.3, 0.4) is 0 Å². The van der Waals surface area contributed by atoms with Crippen LogP contribution in [0.2, 0.25) is 0 Å². The molecule has 0 aromatic heterocycles. The highest BCUT2D eigenvalue weighted by Crippen LogP contribution is 2.21. The number of ether oxygens (including phenoxy) is 2. The number of piperidine rings is 1. The fraction of sp³-hybridized carbons (Fsp3) is 0.429. The predicted octanol–water partition coefficient (Wildman–Crippen LogP) is 4.46. The molecule has 1 heterocycles. The molecule has 1 atom stereocenters. The Balaban J connectivity index is 1.53. The monoisotopic (exact) mass is 361 g/mol. The molecule has 2 aromatic carbocycles. The van der Waals surface area contributed by atoms with Crippen LogP contribution in [-0.4, -0.2) is 31.2 Å². The van der Waals surface area contributed by atoms with Gasteiger partial charge in [0.25, 0.3) is 0 Å². The SMILES string of the molecule is COc1ccc(CN2CCC[C@H](OCc3ccc(F)c(C)c3)C2)cc1F. The van der Waals surface area contributed by atoms with Crippen LogP contribution in [0.15, 0.2) is 36.4 Å². The standard InChI is InChI=1S/C21H25F2NO2/c1-15-10-17(5-7-19(15)22)14-26-18-4-3-9-24(13-18)12-16-6-8-21(25-2)20(23)11-16/h5-8,10-11,18H,3-4,9,12-14H2,1-2H3/t18-/m0/s1. The van der Waals surface area contributed by atoms with Gasteiger partial charge in [-0.2, -0.15) is 0 Å². The fourth-order valence-electron chi connectivity index (χ4n) is 3.37. The Morgan fingerprint density at radius 3 is 2.62 bits per heavy atom. The maximum atomic E-state index is 13.9. The van der Waals surface area contributed by atoms with E-state index in [9.17, 15) is 8.78 Å². The summed E-state index contributed by atoms with van der Waals surface area (Å²) in [4.78, 5) is 2.28. The molecular formula is C21H25F2NO2. The third-order valence-electron chi connectivity index (χ3n) is 4.79. The second-order valence-corrected chi connectivity index (χ2v) is 6.86. The minimum Gasteiger partial charge on any atom is -0.494 e. The maximum absolute atomic E-state index is 13.9. The second kappa shape index (κ2) is 8.60. The number of likely N-dealkylation sites (tertiary alicyclic amines) is 1. The summed E-state index contributed by atoms with van der Waals surface area (Å²) in [5, 5.41) is 0. The van der Waals surface area contributed by atoms with Crippen LogP contribution >= 0.6 is 0 Å². The van der Waals surface area contributed by atoms with Gasteiger partial charge in [-0.05, 0) is 61.2 Å². The van der Waals surface area contributed by atoms with Gasteiger partial charge in [-0.1, -0.05) is 18.2 Å². The summed E-state index contributed by atoms with van der Waals surface area (Å²) in [7, 11) is 1.47. The Bertz CT molecular complexity index is 751. The largest absolute Gasteiger partial charge is 0.494 e. The molecule has 0 saturated carbocycles. The first-order valence-corrected chi connectivity index (χ1v) is 8.96. The van der Waals surface area contributed by atoms with Gasteiger partial charge in [0.05, 0.1) is 19.8 Å². The van der Waals surface area contributed by atoms with E-state index in [0.29, 0.717) is 18.7 Å². The Hall–Kier alpha value is -1.98. The van der Waals surface area contributed by atoms with E-state index >= 15 is 0 Å². The van der Waals surface area contributed by atoms with E-state index in [1.54, 1.807) is 19.1 Å². The van der Waals surface area contributed by atoms with Gasteiger partial charge in [0.2, 0.25) is 0 Å². The lowest BCUT2D eigenvalue weighted by Gasteiger charge is -2.32. The lowest BCUT2D eigenvalue weighted by molar-refractivity contribution is -0.0121. The lowest BCUT2D eigenvalue weighted by atomic mass is 10.1. The average molecular weight is 361 g/mol. The molecule has 0 unspecified atom stereocenters. The highest BCUT2D eigenvalue weighted by molar-refractivity contribution is 5.29. The Kier molecular flexibility index (Phi) is 6.22. The Labute approximate surface area is 153 Å². The molecule has 3 rings (SSSR count). The molecular weight excluding hydrogens is 336 g/mol. The van der Waals surface area contributed by atoms with Crippen LogP contribution in [-0.2, 0) is 17.9 Å². The Morgan fingerprint density at radius 2 is 1.88 bits per heavy atom. The van der Waals surface area contributed by atoms with Crippen LogP contribution in [0.1, 0.15) is 29.5 Å². The summed E-state index contributed by atoms with van der Waals surface area (Å²) < 4.78 is 38.2. The molecule has 26 heavy (non-hydrogen) atoms. The fourth-order valence-corrected chi connectivity index (χ4v) is 3.37. The molecule has 0 bridgehead atoms. The van der Waals surface area contributed by atoms with Crippen molar-refractivity contribution in [2.45, 2.75) is 39.0 Å². The third kappa shape index (κ3) is 4.80. The summed E-state index contributed by atoms with van der Waals surface area (Å²) in [6.45, 7) is 4.72. The molecule has 0 N–H and O–H groups in total. The predicted molar refractivity (Wildman–Crippen MR) is 97.2 cm³/mol. The first-order chi connectivity index (χ1) is 12.5. The number of rotatable bonds is 6. The zero-order valence-electron chi connectivity index (χ0n) is 15.3. The number of benzene rings is 2. The van der Waals surface area contributed by atoms with Crippen molar-refractivity contribution in [2.24, 2.45) is 0 Å². The zero-order valence-corrected chi connectivity index (χ0v) is 15.3. The number of hydrogen-bond acceptors (Lipinski definition) is 3. The van der Waals surface area contributed by atoms with Gasteiger partial charge in [-0.3, -0.25) is 4.90 Å². The van der Waals surface area contributed by atoms with E-state index in [4.69, 9.17) is 9.47 Å². The molecule has 0 amide bonds. The van der Waals surface area contributed by atoms with Gasteiger partial charge in [-0.15, -0.1) is 0 Å². The summed E-state index contributed by atoms with van der Waals surface area (Å²) in [6, 6.07) is 10.2. The minimum atomic E-state index is -0.332. The summed E-state index contributed by atoms with van der Waals surface area (Å²) in [6.07, 6.45) is 2.19. The van der Waals surface area contributed by atoms with Crippen LogP contribution in [0.25, 0.3) is 0 Å². The zero-order chi connectivity index (χ0) is 18.5. The first-order valence-electron chi connectivity index (χ1n) is 8.96. The first kappa shape index (κ1) is 18.8. The number of aryl methyl sites for hydroxylation is 1. The van der Waals surface area contributed by atoms with E-state index in [0.717, 1.165) is 37.1 Å². The molecule has 1 aliphatic rings. The van der Waals surface area contributed by atoms with Crippen molar-refractivity contribution >= 4 is 0 Å². The van der Waals surface area contributed by atoms with Gasteiger partial charge in [0.15, 0.2) is 11.6 Å². The van der Waals surface area contributed by atoms with E-state index in [-0.39, 0.29) is 23.5 Å². The van der Waals surface area contributed by atoms with Crippen LogP contribution < -0.4 is 4.74 Å². The smallest absolute Gasteiger partial charge is 0.165 e. The number of halogens is 2. The van der Waals surface area contributed by atoms with Crippen molar-refractivity contribution in [3.63, 3.8) is 0 Å². The van der Waals surface area contributed by atoms with Gasteiger partial charge < -0.3 is 9.47 Å². The quantitative estimate of drug-likeness (QED) is 0.758. The summed E-state index contributed by atoms with van der Waals surface area (Å²) >= 11 is 0. The highest BCUT2D eigenvalue weighted by Gasteiger charge is 2.21. The molecule has 140 valence electrons. The molecule has 3 nitrogen and oxygen atoms in total. The molecule has 0 aliphatic carbocycles. The third-order valence-corrected chi connectivity index (χ3v) is 4.79. The number of hydrogen-bond donors (Lipinski definition) is 0. The minimum absolute atomic E-state index is 0.136. The second-order valence-electron chi connectivity index (χ2n) is 6.86. The van der Waals surface area contributed by atoms with Crippen molar-refractivity contribution < 1.29 is 18.3 Å². The molecule has 5 heteroatoms. The molecule has 1 fully saturated rings. The van der Waals surface area contributed by atoms with Crippen LogP contribution in [0, 0.1) is 18.6 Å². The number of nitrogens with zero attached hydrogens (tertiary/aromatic N) is 1. The van der Waals surface area contributed by atoms with Gasteiger partial charge in [0, 0.05) is 13.1 Å². The maximum Gasteiger partial charge on any atom is 0.165 e. The highest BCUT2D eigenvalue weighted by atomic mass is 19.1. The Morgan fingerprint density at radius 1 is 1.08 bits per heavy atom. The average Bonchev–Trinajstić information content (AvgIpc) is 2.63.